The second-order valence-corrected chi connectivity index (χ2v) is 5.88. The van der Waals surface area contributed by atoms with Crippen LogP contribution in [0.15, 0.2) is 73.6 Å². The number of fused-ring (bicyclic) bond motifs is 3. The average molecular weight is 326 g/mol. The second kappa shape index (κ2) is 5.52. The third-order valence-electron chi connectivity index (χ3n) is 4.30. The number of hydrogen-bond donors (Lipinski definition) is 0. The van der Waals surface area contributed by atoms with Gasteiger partial charge in [-0.05, 0) is 17.7 Å². The summed E-state index contributed by atoms with van der Waals surface area (Å²) in [5.74, 6) is 0.861. The van der Waals surface area contributed by atoms with Crippen LogP contribution in [0.2, 0.25) is 0 Å². The molecule has 6 nitrogen and oxygen atoms in total. The molecule has 0 N–H and O–H groups in total. The highest BCUT2D eigenvalue weighted by molar-refractivity contribution is 5.93. The minimum Gasteiger partial charge on any atom is -0.330 e. The summed E-state index contributed by atoms with van der Waals surface area (Å²) >= 11 is 0. The molecule has 120 valence electrons. The van der Waals surface area contributed by atoms with Gasteiger partial charge in [-0.1, -0.05) is 30.3 Å². The lowest BCUT2D eigenvalue weighted by atomic mass is 10.1. The van der Waals surface area contributed by atoms with Gasteiger partial charge in [0.05, 0.1) is 18.4 Å². The van der Waals surface area contributed by atoms with Gasteiger partial charge in [-0.25, -0.2) is 4.98 Å². The molecular formula is C19H14N6. The molecule has 0 bridgehead atoms. The van der Waals surface area contributed by atoms with Gasteiger partial charge < -0.3 is 4.57 Å². The summed E-state index contributed by atoms with van der Waals surface area (Å²) in [4.78, 5) is 8.67. The highest BCUT2D eigenvalue weighted by Crippen LogP contribution is 2.25. The van der Waals surface area contributed by atoms with Gasteiger partial charge in [0.25, 0.3) is 0 Å². The van der Waals surface area contributed by atoms with Crippen molar-refractivity contribution in [3.8, 4) is 11.1 Å². The molecule has 0 atom stereocenters. The monoisotopic (exact) mass is 326 g/mol. The average Bonchev–Trinajstić information content (AvgIpc) is 3.33. The van der Waals surface area contributed by atoms with Crippen LogP contribution in [-0.4, -0.2) is 29.1 Å². The quantitative estimate of drug-likeness (QED) is 0.511. The van der Waals surface area contributed by atoms with Crippen LogP contribution in [-0.2, 0) is 6.54 Å². The first-order valence-electron chi connectivity index (χ1n) is 8.02. The van der Waals surface area contributed by atoms with E-state index in [0.29, 0.717) is 6.54 Å². The Hall–Kier alpha value is -3.54. The largest absolute Gasteiger partial charge is 0.330 e. The van der Waals surface area contributed by atoms with E-state index in [2.05, 4.69) is 38.4 Å². The molecule has 6 heteroatoms. The first-order valence-corrected chi connectivity index (χ1v) is 8.02. The van der Waals surface area contributed by atoms with Crippen LogP contribution in [0.25, 0.3) is 27.7 Å². The van der Waals surface area contributed by atoms with E-state index in [4.69, 9.17) is 0 Å². The lowest BCUT2D eigenvalue weighted by Gasteiger charge is -2.05. The van der Waals surface area contributed by atoms with Crippen molar-refractivity contribution in [2.75, 3.05) is 0 Å². The second-order valence-electron chi connectivity index (χ2n) is 5.88. The Morgan fingerprint density at radius 1 is 0.920 bits per heavy atom. The molecule has 0 saturated heterocycles. The number of pyridine rings is 2. The topological polar surface area (TPSA) is 60.9 Å². The number of nitrogens with zero attached hydrogens (tertiary/aromatic N) is 6. The predicted molar refractivity (Wildman–Crippen MR) is 95.1 cm³/mol. The molecule has 1 aromatic carbocycles. The van der Waals surface area contributed by atoms with Gasteiger partial charge in [0.1, 0.15) is 0 Å². The lowest BCUT2D eigenvalue weighted by molar-refractivity contribution is 0.733. The van der Waals surface area contributed by atoms with Crippen molar-refractivity contribution in [3.05, 3.63) is 79.4 Å². The number of imidazole rings is 1. The van der Waals surface area contributed by atoms with Gasteiger partial charge in [0, 0.05) is 35.7 Å². The van der Waals surface area contributed by atoms with E-state index >= 15 is 0 Å². The fourth-order valence-electron chi connectivity index (χ4n) is 3.04. The van der Waals surface area contributed by atoms with Crippen LogP contribution in [0, 0.1) is 0 Å². The van der Waals surface area contributed by atoms with Gasteiger partial charge in [-0.2, -0.15) is 0 Å². The highest BCUT2D eigenvalue weighted by atomic mass is 15.3. The van der Waals surface area contributed by atoms with Crippen LogP contribution in [0.4, 0.5) is 0 Å². The Labute approximate surface area is 143 Å². The fourth-order valence-corrected chi connectivity index (χ4v) is 3.04. The van der Waals surface area contributed by atoms with Crippen LogP contribution < -0.4 is 0 Å². The van der Waals surface area contributed by atoms with Crippen LogP contribution in [0.3, 0.4) is 0 Å². The summed E-state index contributed by atoms with van der Waals surface area (Å²) in [6.07, 6.45) is 9.32. The zero-order valence-electron chi connectivity index (χ0n) is 13.3. The summed E-state index contributed by atoms with van der Waals surface area (Å²) in [5, 5.41) is 9.75. The van der Waals surface area contributed by atoms with Gasteiger partial charge in [0.15, 0.2) is 11.5 Å². The Morgan fingerprint density at radius 2 is 1.84 bits per heavy atom. The standard InChI is InChI=1S/C19H14N6/c1-2-4-14(5-3-1)15-10-16-17(21-11-15)6-8-25-18(22-23-19(16)25)12-24-9-7-20-13-24/h1-11,13H,12H2. The molecule has 4 aromatic heterocycles. The van der Waals surface area contributed by atoms with E-state index in [1.54, 1.807) is 12.5 Å². The van der Waals surface area contributed by atoms with E-state index in [1.165, 1.54) is 0 Å². The Kier molecular flexibility index (Phi) is 3.06. The van der Waals surface area contributed by atoms with Crippen molar-refractivity contribution in [1.29, 1.82) is 0 Å². The zero-order chi connectivity index (χ0) is 16.6. The van der Waals surface area contributed by atoms with E-state index in [0.717, 1.165) is 33.5 Å². The van der Waals surface area contributed by atoms with Crippen molar-refractivity contribution in [3.63, 3.8) is 0 Å². The molecule has 0 aliphatic heterocycles. The third kappa shape index (κ3) is 2.35. The molecule has 0 aliphatic carbocycles. The third-order valence-corrected chi connectivity index (χ3v) is 4.30. The normalized spacial score (nSPS) is 11.4. The van der Waals surface area contributed by atoms with E-state index in [9.17, 15) is 0 Å². The molecule has 5 rings (SSSR count). The van der Waals surface area contributed by atoms with Crippen LogP contribution >= 0.6 is 0 Å². The molecule has 0 unspecified atom stereocenters. The van der Waals surface area contributed by atoms with Crippen LogP contribution in [0.1, 0.15) is 5.82 Å². The highest BCUT2D eigenvalue weighted by Gasteiger charge is 2.11. The van der Waals surface area contributed by atoms with Gasteiger partial charge in [-0.15, -0.1) is 10.2 Å². The SMILES string of the molecule is c1ccc(-c2cnc3ccn4c(Cn5ccnc5)nnc4c3c2)cc1. The molecule has 0 spiro atoms. The maximum Gasteiger partial charge on any atom is 0.170 e. The summed E-state index contributed by atoms with van der Waals surface area (Å²) in [7, 11) is 0. The van der Waals surface area contributed by atoms with Gasteiger partial charge in [-0.3, -0.25) is 9.38 Å². The molecule has 0 radical (unpaired) electrons. The summed E-state index contributed by atoms with van der Waals surface area (Å²) in [6.45, 7) is 0.623. The Morgan fingerprint density at radius 3 is 2.68 bits per heavy atom. The van der Waals surface area contributed by atoms with E-state index in [-0.39, 0.29) is 0 Å². The molecule has 0 saturated carbocycles. The molecule has 0 amide bonds. The minimum absolute atomic E-state index is 0.623. The van der Waals surface area contributed by atoms with Crippen molar-refractivity contribution in [1.82, 2.24) is 29.1 Å². The smallest absolute Gasteiger partial charge is 0.170 e. The van der Waals surface area contributed by atoms with Crippen molar-refractivity contribution < 1.29 is 0 Å². The van der Waals surface area contributed by atoms with Crippen molar-refractivity contribution >= 4 is 16.6 Å². The molecule has 4 heterocycles. The first-order chi connectivity index (χ1) is 12.4. The zero-order valence-corrected chi connectivity index (χ0v) is 13.3. The molecule has 25 heavy (non-hydrogen) atoms. The predicted octanol–water partition coefficient (Wildman–Crippen LogP) is 3.19. The summed E-state index contributed by atoms with van der Waals surface area (Å²) in [5.41, 5.74) is 3.93. The molecular weight excluding hydrogens is 312 g/mol. The number of aromatic nitrogens is 6. The summed E-state index contributed by atoms with van der Waals surface area (Å²) in [6, 6.07) is 14.4. The maximum atomic E-state index is 4.60. The van der Waals surface area contributed by atoms with Crippen molar-refractivity contribution in [2.45, 2.75) is 6.54 Å². The van der Waals surface area contributed by atoms with Gasteiger partial charge in [0.2, 0.25) is 0 Å². The van der Waals surface area contributed by atoms with Crippen LogP contribution in [0.5, 0.6) is 0 Å². The summed E-state index contributed by atoms with van der Waals surface area (Å²) < 4.78 is 3.98. The van der Waals surface area contributed by atoms with Gasteiger partial charge >= 0.3 is 0 Å². The molecule has 5 aromatic rings. The molecule has 0 fully saturated rings. The number of rotatable bonds is 3. The molecule has 0 aliphatic rings. The van der Waals surface area contributed by atoms with E-state index < -0.39 is 0 Å². The maximum absolute atomic E-state index is 4.60. The lowest BCUT2D eigenvalue weighted by Crippen LogP contribution is -2.02. The number of benzene rings is 1. The van der Waals surface area contributed by atoms with Crippen molar-refractivity contribution in [2.24, 2.45) is 0 Å². The number of hydrogen-bond acceptors (Lipinski definition) is 4. The fraction of sp³-hybridized carbons (Fsp3) is 0.0526. The Bertz CT molecular complexity index is 1160. The Balaban J connectivity index is 1.67. The van der Waals surface area contributed by atoms with E-state index in [1.807, 2.05) is 51.8 Å². The first kappa shape index (κ1) is 13.9. The minimum atomic E-state index is 0.623.